The monoisotopic (exact) mass is 315 g/mol. The number of benzene rings is 1. The first kappa shape index (κ1) is 16.9. The van der Waals surface area contributed by atoms with Crippen LogP contribution in [0, 0.1) is 17.7 Å². The SMILES string of the molecule is CCOC(=O)CS(=O)(=O)Nc1ccc(F)c(C#CCO)c1. The van der Waals surface area contributed by atoms with Gasteiger partial charge in [-0.15, -0.1) is 0 Å². The largest absolute Gasteiger partial charge is 0.465 e. The van der Waals surface area contributed by atoms with Crippen molar-refractivity contribution >= 4 is 21.7 Å². The van der Waals surface area contributed by atoms with Gasteiger partial charge in [0, 0.05) is 5.69 Å². The molecule has 0 atom stereocenters. The average molecular weight is 315 g/mol. The lowest BCUT2D eigenvalue weighted by Crippen LogP contribution is -2.24. The second kappa shape index (κ2) is 7.61. The first-order valence-electron chi connectivity index (χ1n) is 5.93. The Kier molecular flexibility index (Phi) is 6.14. The van der Waals surface area contributed by atoms with E-state index in [0.717, 1.165) is 6.07 Å². The molecule has 0 spiro atoms. The molecular formula is C13H14FNO5S. The molecule has 0 heterocycles. The summed E-state index contributed by atoms with van der Waals surface area (Å²) < 4.78 is 43.5. The Morgan fingerprint density at radius 3 is 2.81 bits per heavy atom. The van der Waals surface area contributed by atoms with Crippen LogP contribution in [-0.4, -0.2) is 38.5 Å². The Morgan fingerprint density at radius 2 is 2.19 bits per heavy atom. The standard InChI is InChI=1S/C13H14FNO5S/c1-2-20-13(17)9-21(18,19)15-11-5-6-12(14)10(8-11)4-3-7-16/h5-6,8,15-16H,2,7,9H2,1H3. The molecule has 0 saturated carbocycles. The second-order valence-electron chi connectivity index (χ2n) is 3.82. The van der Waals surface area contributed by atoms with Crippen LogP contribution in [0.5, 0.6) is 0 Å². The molecule has 0 saturated heterocycles. The first-order valence-corrected chi connectivity index (χ1v) is 7.58. The topological polar surface area (TPSA) is 92.7 Å². The number of halogens is 1. The van der Waals surface area contributed by atoms with Crippen LogP contribution in [-0.2, 0) is 19.6 Å². The van der Waals surface area contributed by atoms with Gasteiger partial charge in [0.05, 0.1) is 12.2 Å². The van der Waals surface area contributed by atoms with Gasteiger partial charge in [0.1, 0.15) is 12.4 Å². The minimum Gasteiger partial charge on any atom is -0.465 e. The Bertz CT molecular complexity index is 676. The van der Waals surface area contributed by atoms with Gasteiger partial charge in [-0.25, -0.2) is 12.8 Å². The van der Waals surface area contributed by atoms with Crippen molar-refractivity contribution in [3.8, 4) is 11.8 Å². The lowest BCUT2D eigenvalue weighted by atomic mass is 10.2. The molecule has 0 unspecified atom stereocenters. The van der Waals surface area contributed by atoms with Crippen LogP contribution >= 0.6 is 0 Å². The molecule has 0 amide bonds. The number of carbonyl (C=O) groups is 1. The van der Waals surface area contributed by atoms with E-state index in [-0.39, 0.29) is 17.9 Å². The zero-order valence-corrected chi connectivity index (χ0v) is 12.0. The zero-order chi connectivity index (χ0) is 15.9. The Morgan fingerprint density at radius 1 is 1.48 bits per heavy atom. The fraction of sp³-hybridized carbons (Fsp3) is 0.308. The molecule has 0 bridgehead atoms. The normalized spacial score (nSPS) is 10.4. The molecular weight excluding hydrogens is 301 g/mol. The highest BCUT2D eigenvalue weighted by Crippen LogP contribution is 2.15. The molecule has 1 rings (SSSR count). The van der Waals surface area contributed by atoms with Crippen molar-refractivity contribution in [3.63, 3.8) is 0 Å². The number of hydrogen-bond acceptors (Lipinski definition) is 5. The number of rotatable bonds is 5. The number of aliphatic hydroxyl groups is 1. The molecule has 114 valence electrons. The second-order valence-corrected chi connectivity index (χ2v) is 5.54. The highest BCUT2D eigenvalue weighted by atomic mass is 32.2. The van der Waals surface area contributed by atoms with Crippen molar-refractivity contribution in [3.05, 3.63) is 29.6 Å². The van der Waals surface area contributed by atoms with Gasteiger partial charge >= 0.3 is 5.97 Å². The van der Waals surface area contributed by atoms with Gasteiger partial charge < -0.3 is 9.84 Å². The number of anilines is 1. The summed E-state index contributed by atoms with van der Waals surface area (Å²) in [4.78, 5) is 11.2. The summed E-state index contributed by atoms with van der Waals surface area (Å²) in [5, 5.41) is 8.56. The minimum absolute atomic E-state index is 0.0583. The lowest BCUT2D eigenvalue weighted by molar-refractivity contribution is -0.139. The van der Waals surface area contributed by atoms with Gasteiger partial charge in [0.25, 0.3) is 0 Å². The van der Waals surface area contributed by atoms with E-state index in [1.807, 2.05) is 0 Å². The summed E-state index contributed by atoms with van der Waals surface area (Å²) in [6.45, 7) is 1.19. The third-order valence-electron chi connectivity index (χ3n) is 2.16. The number of aliphatic hydroxyl groups excluding tert-OH is 1. The Labute approximate surface area is 122 Å². The van der Waals surface area contributed by atoms with Crippen LogP contribution in [0.2, 0.25) is 0 Å². The van der Waals surface area contributed by atoms with Crippen LogP contribution in [0.15, 0.2) is 18.2 Å². The lowest BCUT2D eigenvalue weighted by Gasteiger charge is -2.08. The third kappa shape index (κ3) is 5.81. The maximum absolute atomic E-state index is 13.4. The van der Waals surface area contributed by atoms with Crippen LogP contribution in [0.4, 0.5) is 10.1 Å². The summed E-state index contributed by atoms with van der Waals surface area (Å²) in [5.74, 6) is 2.24. The van der Waals surface area contributed by atoms with Gasteiger partial charge in [-0.05, 0) is 25.1 Å². The number of sulfonamides is 1. The molecule has 0 radical (unpaired) electrons. The first-order chi connectivity index (χ1) is 9.88. The molecule has 1 aromatic rings. The maximum atomic E-state index is 13.4. The Hall–Kier alpha value is -2.11. The minimum atomic E-state index is -3.95. The summed E-state index contributed by atoms with van der Waals surface area (Å²) >= 11 is 0. The average Bonchev–Trinajstić information content (AvgIpc) is 2.38. The van der Waals surface area contributed by atoms with E-state index in [9.17, 15) is 17.6 Å². The maximum Gasteiger partial charge on any atom is 0.323 e. The molecule has 0 aliphatic rings. The number of ether oxygens (including phenoxy) is 1. The highest BCUT2D eigenvalue weighted by Gasteiger charge is 2.17. The van der Waals surface area contributed by atoms with Crippen LogP contribution in [0.3, 0.4) is 0 Å². The van der Waals surface area contributed by atoms with E-state index >= 15 is 0 Å². The number of hydrogen-bond donors (Lipinski definition) is 2. The van der Waals surface area contributed by atoms with Crippen molar-refractivity contribution in [2.24, 2.45) is 0 Å². The summed E-state index contributed by atoms with van der Waals surface area (Å²) in [6.07, 6.45) is 0. The van der Waals surface area contributed by atoms with Crippen molar-refractivity contribution < 1.29 is 27.4 Å². The molecule has 6 nitrogen and oxygen atoms in total. The van der Waals surface area contributed by atoms with Crippen LogP contribution in [0.25, 0.3) is 0 Å². The predicted octanol–water partition coefficient (Wildman–Crippen LogP) is 0.474. The summed E-state index contributed by atoms with van der Waals surface area (Å²) in [6, 6.07) is 3.40. The third-order valence-corrected chi connectivity index (χ3v) is 3.32. The van der Waals surface area contributed by atoms with Gasteiger partial charge in [-0.1, -0.05) is 11.8 Å². The smallest absolute Gasteiger partial charge is 0.323 e. The molecule has 0 fully saturated rings. The highest BCUT2D eigenvalue weighted by molar-refractivity contribution is 7.93. The quantitative estimate of drug-likeness (QED) is 0.609. The molecule has 0 aromatic heterocycles. The predicted molar refractivity (Wildman–Crippen MR) is 74.4 cm³/mol. The van der Waals surface area contributed by atoms with E-state index < -0.39 is 34.2 Å². The van der Waals surface area contributed by atoms with Crippen molar-refractivity contribution in [1.82, 2.24) is 0 Å². The van der Waals surface area contributed by atoms with Crippen molar-refractivity contribution in [2.45, 2.75) is 6.92 Å². The van der Waals surface area contributed by atoms with Gasteiger partial charge in [0.15, 0.2) is 5.75 Å². The molecule has 21 heavy (non-hydrogen) atoms. The van der Waals surface area contributed by atoms with Crippen molar-refractivity contribution in [1.29, 1.82) is 0 Å². The zero-order valence-electron chi connectivity index (χ0n) is 11.2. The van der Waals surface area contributed by atoms with Gasteiger partial charge in [0.2, 0.25) is 10.0 Å². The van der Waals surface area contributed by atoms with Crippen molar-refractivity contribution in [2.75, 3.05) is 23.7 Å². The van der Waals surface area contributed by atoms with Gasteiger partial charge in [-0.3, -0.25) is 9.52 Å². The van der Waals surface area contributed by atoms with Crippen LogP contribution in [0.1, 0.15) is 12.5 Å². The summed E-state index contributed by atoms with van der Waals surface area (Å²) in [5.41, 5.74) is -0.0108. The fourth-order valence-corrected chi connectivity index (χ4v) is 2.34. The van der Waals surface area contributed by atoms with E-state index in [0.29, 0.717) is 0 Å². The van der Waals surface area contributed by atoms with E-state index in [1.165, 1.54) is 12.1 Å². The summed E-state index contributed by atoms with van der Waals surface area (Å²) in [7, 11) is -3.95. The Balaban J connectivity index is 2.90. The number of nitrogens with one attached hydrogen (secondary N) is 1. The van der Waals surface area contributed by atoms with E-state index in [2.05, 4.69) is 21.3 Å². The fourth-order valence-electron chi connectivity index (χ4n) is 1.39. The number of carbonyl (C=O) groups excluding carboxylic acids is 1. The van der Waals surface area contributed by atoms with Gasteiger partial charge in [-0.2, -0.15) is 0 Å². The van der Waals surface area contributed by atoms with Crippen LogP contribution < -0.4 is 4.72 Å². The molecule has 0 aliphatic carbocycles. The molecule has 1 aromatic carbocycles. The molecule has 2 N–H and O–H groups in total. The van der Waals surface area contributed by atoms with E-state index in [4.69, 9.17) is 5.11 Å². The molecule has 0 aliphatic heterocycles. The number of esters is 1. The molecule has 8 heteroatoms. The van der Waals surface area contributed by atoms with E-state index in [1.54, 1.807) is 6.92 Å².